The first-order chi connectivity index (χ1) is 9.63. The molecule has 0 radical (unpaired) electrons. The summed E-state index contributed by atoms with van der Waals surface area (Å²) in [5.41, 5.74) is 7.75. The molecule has 0 saturated heterocycles. The fraction of sp³-hybridized carbons (Fsp3) is 0.400. The molecule has 2 aromatic rings. The lowest BCUT2D eigenvalue weighted by molar-refractivity contribution is 0.514. The molecule has 1 aliphatic rings. The van der Waals surface area contributed by atoms with Gasteiger partial charge < -0.3 is 5.73 Å². The highest BCUT2D eigenvalue weighted by molar-refractivity contribution is 5.48. The van der Waals surface area contributed by atoms with E-state index in [9.17, 15) is 9.18 Å². The quantitative estimate of drug-likeness (QED) is 0.932. The summed E-state index contributed by atoms with van der Waals surface area (Å²) in [6.45, 7) is 2.79. The number of hydrogen-bond acceptors (Lipinski definition) is 2. The highest BCUT2D eigenvalue weighted by Gasteiger charge is 2.32. The summed E-state index contributed by atoms with van der Waals surface area (Å²) >= 11 is 0. The normalized spacial score (nSPS) is 14.7. The molecule has 0 bridgehead atoms. The van der Waals surface area contributed by atoms with Gasteiger partial charge in [0.25, 0.3) is 5.56 Å². The molecule has 1 aromatic carbocycles. The minimum Gasteiger partial charge on any atom is -0.393 e. The number of nitrogen functional groups attached to an aromatic ring is 1. The van der Waals surface area contributed by atoms with E-state index in [1.807, 2.05) is 4.68 Å². The zero-order valence-corrected chi connectivity index (χ0v) is 11.5. The highest BCUT2D eigenvalue weighted by atomic mass is 19.1. The smallest absolute Gasteiger partial charge is 0.294 e. The van der Waals surface area contributed by atoms with Crippen molar-refractivity contribution in [2.24, 2.45) is 0 Å². The first-order valence-corrected chi connectivity index (χ1v) is 7.00. The van der Waals surface area contributed by atoms with Crippen molar-refractivity contribution in [3.05, 3.63) is 46.1 Å². The van der Waals surface area contributed by atoms with Gasteiger partial charge in [-0.25, -0.2) is 9.07 Å². The van der Waals surface area contributed by atoms with Crippen molar-refractivity contribution in [1.29, 1.82) is 0 Å². The number of rotatable bonds is 4. The van der Waals surface area contributed by atoms with Crippen LogP contribution in [0.15, 0.2) is 29.1 Å². The zero-order chi connectivity index (χ0) is 14.3. The van der Waals surface area contributed by atoms with E-state index in [1.165, 1.54) is 12.1 Å². The lowest BCUT2D eigenvalue weighted by Gasteiger charge is -2.14. The van der Waals surface area contributed by atoms with E-state index in [0.717, 1.165) is 31.5 Å². The van der Waals surface area contributed by atoms with Gasteiger partial charge in [0.2, 0.25) is 0 Å². The fourth-order valence-electron chi connectivity index (χ4n) is 2.64. The van der Waals surface area contributed by atoms with E-state index in [4.69, 9.17) is 5.73 Å². The molecule has 106 valence electrons. The van der Waals surface area contributed by atoms with Crippen LogP contribution in [0, 0.1) is 5.82 Å². The monoisotopic (exact) mass is 275 g/mol. The zero-order valence-electron chi connectivity index (χ0n) is 11.5. The number of anilines is 1. The number of aromatic nitrogens is 2. The van der Waals surface area contributed by atoms with E-state index < -0.39 is 0 Å². The Balaban J connectivity index is 2.20. The Labute approximate surface area is 116 Å². The summed E-state index contributed by atoms with van der Waals surface area (Å²) in [4.78, 5) is 12.4. The van der Waals surface area contributed by atoms with Crippen molar-refractivity contribution < 1.29 is 4.39 Å². The third-order valence-corrected chi connectivity index (χ3v) is 3.69. The molecule has 2 N–H and O–H groups in total. The van der Waals surface area contributed by atoms with Crippen LogP contribution in [0.2, 0.25) is 0 Å². The van der Waals surface area contributed by atoms with E-state index in [-0.39, 0.29) is 11.4 Å². The second-order valence-corrected chi connectivity index (χ2v) is 5.29. The van der Waals surface area contributed by atoms with Gasteiger partial charge in [0.1, 0.15) is 11.5 Å². The Morgan fingerprint density at radius 1 is 1.30 bits per heavy atom. The summed E-state index contributed by atoms with van der Waals surface area (Å²) in [6, 6.07) is 5.94. The van der Waals surface area contributed by atoms with Gasteiger partial charge in [0.05, 0.1) is 11.4 Å². The predicted octanol–water partition coefficient (Wildman–Crippen LogP) is 2.65. The fourth-order valence-corrected chi connectivity index (χ4v) is 2.64. The predicted molar refractivity (Wildman–Crippen MR) is 76.7 cm³/mol. The molecule has 0 atom stereocenters. The average molecular weight is 275 g/mol. The lowest BCUT2D eigenvalue weighted by atomic mass is 10.2. The van der Waals surface area contributed by atoms with Crippen molar-refractivity contribution in [3.63, 3.8) is 0 Å². The van der Waals surface area contributed by atoms with Crippen molar-refractivity contribution in [3.8, 4) is 5.69 Å². The molecule has 0 unspecified atom stereocenters. The molecule has 20 heavy (non-hydrogen) atoms. The first-order valence-electron chi connectivity index (χ1n) is 7.00. The van der Waals surface area contributed by atoms with Gasteiger partial charge in [-0.1, -0.05) is 6.92 Å². The van der Waals surface area contributed by atoms with Gasteiger partial charge in [-0.2, -0.15) is 0 Å². The van der Waals surface area contributed by atoms with Crippen molar-refractivity contribution in [2.45, 2.75) is 38.6 Å². The third-order valence-electron chi connectivity index (χ3n) is 3.69. The van der Waals surface area contributed by atoms with Crippen molar-refractivity contribution in [1.82, 2.24) is 9.36 Å². The summed E-state index contributed by atoms with van der Waals surface area (Å²) in [7, 11) is 0. The van der Waals surface area contributed by atoms with E-state index in [2.05, 4.69) is 6.92 Å². The Morgan fingerprint density at radius 2 is 1.95 bits per heavy atom. The Bertz CT molecular complexity index is 680. The van der Waals surface area contributed by atoms with Crippen LogP contribution in [0.1, 0.15) is 37.8 Å². The van der Waals surface area contributed by atoms with Gasteiger partial charge in [0.15, 0.2) is 0 Å². The maximum atomic E-state index is 13.1. The van der Waals surface area contributed by atoms with Crippen LogP contribution in [-0.2, 0) is 6.54 Å². The molecular formula is C15H18FN3O. The molecule has 0 spiro atoms. The van der Waals surface area contributed by atoms with E-state index in [1.54, 1.807) is 16.8 Å². The molecule has 3 rings (SSSR count). The Kier molecular flexibility index (Phi) is 3.12. The van der Waals surface area contributed by atoms with Crippen LogP contribution in [0.4, 0.5) is 10.1 Å². The van der Waals surface area contributed by atoms with Gasteiger partial charge >= 0.3 is 0 Å². The summed E-state index contributed by atoms with van der Waals surface area (Å²) in [6.07, 6.45) is 3.08. The first kappa shape index (κ1) is 13.0. The SMILES string of the molecule is CCCn1c(C2CC2)c(N)c(=O)n1-c1ccc(F)cc1. The summed E-state index contributed by atoms with van der Waals surface area (Å²) < 4.78 is 16.6. The van der Waals surface area contributed by atoms with Gasteiger partial charge in [0, 0.05) is 12.5 Å². The van der Waals surface area contributed by atoms with E-state index in [0.29, 0.717) is 17.3 Å². The van der Waals surface area contributed by atoms with Crippen LogP contribution in [0.5, 0.6) is 0 Å². The molecule has 0 aliphatic heterocycles. The number of nitrogens with two attached hydrogens (primary N) is 1. The number of halogens is 1. The lowest BCUT2D eigenvalue weighted by Crippen LogP contribution is -2.22. The van der Waals surface area contributed by atoms with Crippen molar-refractivity contribution >= 4 is 5.69 Å². The second kappa shape index (κ2) is 4.81. The van der Waals surface area contributed by atoms with Crippen LogP contribution in [0.25, 0.3) is 5.69 Å². The molecule has 1 fully saturated rings. The number of hydrogen-bond donors (Lipinski definition) is 1. The molecule has 5 heteroatoms. The molecule has 1 heterocycles. The third kappa shape index (κ3) is 2.03. The Morgan fingerprint density at radius 3 is 2.50 bits per heavy atom. The van der Waals surface area contributed by atoms with Crippen LogP contribution in [0.3, 0.4) is 0 Å². The van der Waals surface area contributed by atoms with Crippen LogP contribution >= 0.6 is 0 Å². The molecule has 1 aliphatic carbocycles. The molecule has 1 saturated carbocycles. The number of benzene rings is 1. The van der Waals surface area contributed by atoms with Crippen LogP contribution < -0.4 is 11.3 Å². The molecular weight excluding hydrogens is 257 g/mol. The standard InChI is InChI=1S/C15H18FN3O/c1-2-9-18-14(10-3-4-10)13(17)15(20)19(18)12-7-5-11(16)6-8-12/h5-8,10H,2-4,9,17H2,1H3. The average Bonchev–Trinajstić information content (AvgIpc) is 3.22. The van der Waals surface area contributed by atoms with Crippen molar-refractivity contribution in [2.75, 3.05) is 5.73 Å². The largest absolute Gasteiger partial charge is 0.393 e. The minimum absolute atomic E-state index is 0.202. The van der Waals surface area contributed by atoms with Gasteiger partial charge in [-0.3, -0.25) is 9.48 Å². The second-order valence-electron chi connectivity index (χ2n) is 5.29. The molecule has 1 aromatic heterocycles. The summed E-state index contributed by atoms with van der Waals surface area (Å²) in [5, 5.41) is 0. The van der Waals surface area contributed by atoms with E-state index >= 15 is 0 Å². The summed E-state index contributed by atoms with van der Waals surface area (Å²) in [5.74, 6) is 0.0849. The topological polar surface area (TPSA) is 52.9 Å². The van der Waals surface area contributed by atoms with Gasteiger partial charge in [-0.05, 0) is 43.5 Å². The maximum Gasteiger partial charge on any atom is 0.294 e. The molecule has 4 nitrogen and oxygen atoms in total. The molecule has 0 amide bonds. The maximum absolute atomic E-state index is 13.1. The Hall–Kier alpha value is -2.04. The highest BCUT2D eigenvalue weighted by Crippen LogP contribution is 2.42. The van der Waals surface area contributed by atoms with Gasteiger partial charge in [-0.15, -0.1) is 0 Å². The number of nitrogens with zero attached hydrogens (tertiary/aromatic N) is 2. The minimum atomic E-state index is -0.314. The van der Waals surface area contributed by atoms with Crippen LogP contribution in [-0.4, -0.2) is 9.36 Å².